The first-order valence-corrected chi connectivity index (χ1v) is 10.9. The summed E-state index contributed by atoms with van der Waals surface area (Å²) in [6.07, 6.45) is 4.60. The molecule has 2 aromatic carbocycles. The quantitative estimate of drug-likeness (QED) is 0.335. The van der Waals surface area contributed by atoms with Gasteiger partial charge < -0.3 is 0 Å². The smallest absolute Gasteiger partial charge is 0.195 e. The third kappa shape index (κ3) is 2.08. The summed E-state index contributed by atoms with van der Waals surface area (Å²) >= 11 is 1.98. The normalized spacial score (nSPS) is 17.9. The number of nitrogens with zero attached hydrogens (tertiary/aromatic N) is 1. The van der Waals surface area contributed by atoms with Crippen LogP contribution in [0.3, 0.4) is 0 Å². The molecule has 1 aliphatic heterocycles. The molecule has 2 aromatic heterocycles. The van der Waals surface area contributed by atoms with Crippen LogP contribution in [0, 0.1) is 6.92 Å². The highest BCUT2D eigenvalue weighted by molar-refractivity contribution is 7.26. The number of aryl methyl sites for hydroxylation is 1. The summed E-state index contributed by atoms with van der Waals surface area (Å²) in [7, 11) is 0. The molecular formula is C25H26NS+. The van der Waals surface area contributed by atoms with E-state index < -0.39 is 0 Å². The molecule has 1 aliphatic rings. The first kappa shape index (κ1) is 16.9. The molecule has 0 bridgehead atoms. The predicted molar refractivity (Wildman–Crippen MR) is 117 cm³/mol. The molecule has 0 spiro atoms. The summed E-state index contributed by atoms with van der Waals surface area (Å²) < 4.78 is 5.40. The summed E-state index contributed by atoms with van der Waals surface area (Å²) in [5, 5.41) is 2.81. The van der Waals surface area contributed by atoms with Crippen LogP contribution in [0.2, 0.25) is 0 Å². The maximum atomic E-state index is 2.52. The standard InChI is InChI=1S/C25H26NS/c1-5-25(6-2)17(4)26-15-8-7-12-21(26)22-20(25)14-13-19-18-11-9-10-16(3)23(18)27-24(19)22/h7-15,17H,5-6H2,1-4H3/q+1. The average Bonchev–Trinajstić information content (AvgIpc) is 3.09. The van der Waals surface area contributed by atoms with Crippen molar-refractivity contribution in [3.8, 4) is 11.3 Å². The molecule has 5 rings (SSSR count). The third-order valence-corrected chi connectivity index (χ3v) is 8.40. The van der Waals surface area contributed by atoms with Gasteiger partial charge in [-0.05, 0) is 43.9 Å². The van der Waals surface area contributed by atoms with E-state index in [9.17, 15) is 0 Å². The molecule has 3 heterocycles. The second-order valence-corrected chi connectivity index (χ2v) is 8.97. The van der Waals surface area contributed by atoms with Crippen LogP contribution in [-0.2, 0) is 5.41 Å². The number of aromatic nitrogens is 1. The Morgan fingerprint density at radius 1 is 0.926 bits per heavy atom. The van der Waals surface area contributed by atoms with Crippen molar-refractivity contribution in [3.05, 3.63) is 65.9 Å². The van der Waals surface area contributed by atoms with Crippen molar-refractivity contribution in [1.82, 2.24) is 0 Å². The van der Waals surface area contributed by atoms with E-state index in [0.717, 1.165) is 12.8 Å². The summed E-state index contributed by atoms with van der Waals surface area (Å²) in [4.78, 5) is 0. The van der Waals surface area contributed by atoms with E-state index in [0.29, 0.717) is 6.04 Å². The molecule has 0 fully saturated rings. The van der Waals surface area contributed by atoms with E-state index in [1.165, 1.54) is 37.0 Å². The van der Waals surface area contributed by atoms with Crippen LogP contribution in [0.25, 0.3) is 31.4 Å². The second kappa shape index (κ2) is 5.90. The number of pyridine rings is 1. The molecule has 0 saturated carbocycles. The molecule has 2 heteroatoms. The number of hydrogen-bond donors (Lipinski definition) is 0. The van der Waals surface area contributed by atoms with Crippen molar-refractivity contribution in [3.63, 3.8) is 0 Å². The Morgan fingerprint density at radius 2 is 1.70 bits per heavy atom. The summed E-state index contributed by atoms with van der Waals surface area (Å²) in [6, 6.07) is 18.7. The molecule has 0 radical (unpaired) electrons. The lowest BCUT2D eigenvalue weighted by molar-refractivity contribution is -0.721. The Hall–Kier alpha value is -2.19. The number of hydrogen-bond acceptors (Lipinski definition) is 1. The fraction of sp³-hybridized carbons (Fsp3) is 0.320. The van der Waals surface area contributed by atoms with Crippen LogP contribution in [0.4, 0.5) is 0 Å². The van der Waals surface area contributed by atoms with Crippen LogP contribution in [-0.4, -0.2) is 0 Å². The highest BCUT2D eigenvalue weighted by Gasteiger charge is 2.48. The van der Waals surface area contributed by atoms with Gasteiger partial charge in [-0.3, -0.25) is 0 Å². The molecule has 1 atom stereocenters. The van der Waals surface area contributed by atoms with Gasteiger partial charge in [0, 0.05) is 32.3 Å². The van der Waals surface area contributed by atoms with Gasteiger partial charge in [0.25, 0.3) is 0 Å². The zero-order valence-corrected chi connectivity index (χ0v) is 17.4. The largest absolute Gasteiger partial charge is 0.214 e. The third-order valence-electron chi connectivity index (χ3n) is 7.03. The average molecular weight is 373 g/mol. The highest BCUT2D eigenvalue weighted by atomic mass is 32.1. The maximum absolute atomic E-state index is 2.52. The minimum Gasteiger partial charge on any atom is -0.195 e. The molecule has 0 saturated heterocycles. The van der Waals surface area contributed by atoms with Crippen molar-refractivity contribution in [2.24, 2.45) is 0 Å². The van der Waals surface area contributed by atoms with Crippen LogP contribution >= 0.6 is 11.3 Å². The van der Waals surface area contributed by atoms with Gasteiger partial charge in [0.05, 0.1) is 11.0 Å². The van der Waals surface area contributed by atoms with E-state index in [1.54, 1.807) is 5.56 Å². The van der Waals surface area contributed by atoms with Crippen molar-refractivity contribution in [2.75, 3.05) is 0 Å². The lowest BCUT2D eigenvalue weighted by atomic mass is 9.66. The lowest BCUT2D eigenvalue weighted by Crippen LogP contribution is -2.54. The van der Waals surface area contributed by atoms with Gasteiger partial charge in [0.2, 0.25) is 5.69 Å². The first-order chi connectivity index (χ1) is 13.1. The van der Waals surface area contributed by atoms with Crippen molar-refractivity contribution >= 4 is 31.5 Å². The highest BCUT2D eigenvalue weighted by Crippen LogP contribution is 2.51. The number of rotatable bonds is 2. The molecule has 27 heavy (non-hydrogen) atoms. The molecule has 1 unspecified atom stereocenters. The molecule has 0 N–H and O–H groups in total. The minimum absolute atomic E-state index is 0.188. The SMILES string of the molecule is CCC1(CC)c2ccc3c(sc4c(C)cccc43)c2-c2cccc[n+]2C1C. The van der Waals surface area contributed by atoms with Crippen LogP contribution < -0.4 is 4.57 Å². The van der Waals surface area contributed by atoms with Crippen LogP contribution in [0.5, 0.6) is 0 Å². The Labute approximate surface area is 165 Å². The zero-order valence-electron chi connectivity index (χ0n) is 16.5. The Morgan fingerprint density at radius 3 is 2.48 bits per heavy atom. The molecule has 1 nitrogen and oxygen atoms in total. The van der Waals surface area contributed by atoms with Gasteiger partial charge in [0.15, 0.2) is 12.2 Å². The second-order valence-electron chi connectivity index (χ2n) is 7.95. The predicted octanol–water partition coefficient (Wildman–Crippen LogP) is 6.95. The topological polar surface area (TPSA) is 3.88 Å². The summed E-state index contributed by atoms with van der Waals surface area (Å²) in [5.41, 5.74) is 5.95. The van der Waals surface area contributed by atoms with Crippen molar-refractivity contribution in [2.45, 2.75) is 52.0 Å². The summed E-state index contributed by atoms with van der Waals surface area (Å²) in [5.74, 6) is 0. The van der Waals surface area contributed by atoms with Gasteiger partial charge in [-0.1, -0.05) is 44.2 Å². The van der Waals surface area contributed by atoms with Gasteiger partial charge in [0.1, 0.15) is 0 Å². The Bertz CT molecular complexity index is 1180. The van der Waals surface area contributed by atoms with Crippen molar-refractivity contribution < 1.29 is 4.57 Å². The van der Waals surface area contributed by atoms with E-state index in [-0.39, 0.29) is 5.41 Å². The maximum Gasteiger partial charge on any atom is 0.214 e. The fourth-order valence-corrected chi connectivity index (χ4v) is 6.72. The Kier molecular flexibility index (Phi) is 3.70. The number of thiophene rings is 1. The van der Waals surface area contributed by atoms with E-state index in [4.69, 9.17) is 0 Å². The summed E-state index contributed by atoms with van der Waals surface area (Å²) in [6.45, 7) is 9.35. The van der Waals surface area contributed by atoms with Crippen LogP contribution in [0.1, 0.15) is 50.8 Å². The van der Waals surface area contributed by atoms with E-state index in [2.05, 4.69) is 87.0 Å². The molecule has 0 aliphatic carbocycles. The minimum atomic E-state index is 0.188. The van der Waals surface area contributed by atoms with Gasteiger partial charge in [-0.15, -0.1) is 11.3 Å². The molecule has 136 valence electrons. The van der Waals surface area contributed by atoms with Crippen molar-refractivity contribution in [1.29, 1.82) is 0 Å². The lowest BCUT2D eigenvalue weighted by Gasteiger charge is -2.39. The van der Waals surface area contributed by atoms with Gasteiger partial charge >= 0.3 is 0 Å². The van der Waals surface area contributed by atoms with Gasteiger partial charge in [-0.25, -0.2) is 0 Å². The molecule has 4 aromatic rings. The number of benzene rings is 2. The fourth-order valence-electron chi connectivity index (χ4n) is 5.39. The molecular weight excluding hydrogens is 346 g/mol. The van der Waals surface area contributed by atoms with E-state index >= 15 is 0 Å². The monoisotopic (exact) mass is 372 g/mol. The van der Waals surface area contributed by atoms with E-state index in [1.807, 2.05) is 11.3 Å². The van der Waals surface area contributed by atoms with Crippen LogP contribution in [0.15, 0.2) is 54.7 Å². The molecule has 0 amide bonds. The first-order valence-electron chi connectivity index (χ1n) is 10.1. The van der Waals surface area contributed by atoms with Gasteiger partial charge in [-0.2, -0.15) is 4.57 Å². The number of fused-ring (bicyclic) bond motifs is 7. The zero-order chi connectivity index (χ0) is 18.8. The Balaban J connectivity index is 1.99.